The molecule has 0 unspecified atom stereocenters. The highest BCUT2D eigenvalue weighted by Crippen LogP contribution is 2.35. The molecule has 2 aliphatic carbocycles. The Morgan fingerprint density at radius 1 is 0.918 bits per heavy atom. The second kappa shape index (κ2) is 15.1. The van der Waals surface area contributed by atoms with E-state index < -0.39 is 72.3 Å². The first kappa shape index (κ1) is 36.0. The fraction of sp³-hybridized carbons (Fsp3) is 0.667. The normalized spacial score (nSPS) is 26.7. The number of ether oxygens (including phenoxy) is 6. The minimum atomic E-state index is -1.55. The van der Waals surface area contributed by atoms with Crippen molar-refractivity contribution in [3.05, 3.63) is 18.5 Å². The van der Waals surface area contributed by atoms with Crippen molar-refractivity contribution in [1.82, 2.24) is 19.5 Å². The molecule has 3 heterocycles. The smallest absolute Gasteiger partial charge is 0.339 e. The lowest BCUT2D eigenvalue weighted by atomic mass is 9.97. The number of fused-ring (bicyclic) bond motifs is 1. The van der Waals surface area contributed by atoms with Gasteiger partial charge in [0, 0.05) is 12.0 Å². The Balaban J connectivity index is 1.38. The molecule has 0 bridgehead atoms. The number of carbonyl (C=O) groups is 4. The van der Waals surface area contributed by atoms with Crippen molar-refractivity contribution < 1.29 is 47.6 Å². The van der Waals surface area contributed by atoms with Gasteiger partial charge in [-0.25, -0.2) is 9.78 Å². The first-order valence-corrected chi connectivity index (χ1v) is 16.7. The van der Waals surface area contributed by atoms with Crippen molar-refractivity contribution >= 4 is 46.8 Å². The van der Waals surface area contributed by atoms with Crippen molar-refractivity contribution in [3.8, 4) is 0 Å². The molecule has 3 N–H and O–H groups in total. The Hall–Kier alpha value is -4.31. The Bertz CT molecular complexity index is 1570. The third-order valence-electron chi connectivity index (χ3n) is 8.44. The van der Waals surface area contributed by atoms with Crippen molar-refractivity contribution in [2.24, 2.45) is 23.7 Å². The number of nitrogens with zero attached hydrogens (tertiary/aromatic N) is 4. The largest absolute Gasteiger partial charge is 0.467 e. The predicted octanol–water partition coefficient (Wildman–Crippen LogP) is 2.72. The van der Waals surface area contributed by atoms with Gasteiger partial charge in [-0.3, -0.25) is 14.4 Å². The fourth-order valence-electron chi connectivity index (χ4n) is 5.45. The van der Waals surface area contributed by atoms with Crippen molar-refractivity contribution in [2.75, 3.05) is 24.8 Å². The van der Waals surface area contributed by atoms with Gasteiger partial charge in [0.1, 0.15) is 0 Å². The number of rotatable bonds is 13. The number of anilines is 2. The standard InChI is InChI=1S/C33H46N6O10/c1-15(2)28(40)46-22-23(47-29(41)16(3)4)25(48-30(42)17(5)6)32(49-24(22)31(43)44-7)45-13-18-8-11-20(12-18)39-14-35-21-26(36-19-9-10-19)37-33(34)38-27(21)39/h8,11,14-20,22-25,32H,9-10,12-13H2,1-7H3,(H3,34,36,37,38)/t18-,20+,22+,23+,24+,25-,32-/m1/s1. The van der Waals surface area contributed by atoms with E-state index in [9.17, 15) is 19.2 Å². The van der Waals surface area contributed by atoms with Crippen LogP contribution in [0, 0.1) is 23.7 Å². The van der Waals surface area contributed by atoms with Gasteiger partial charge >= 0.3 is 23.9 Å². The summed E-state index contributed by atoms with van der Waals surface area (Å²) in [5, 5.41) is 3.36. The Kier molecular flexibility index (Phi) is 11.1. The van der Waals surface area contributed by atoms with Gasteiger partial charge < -0.3 is 44.0 Å². The number of nitrogens with one attached hydrogen (secondary N) is 1. The first-order valence-electron chi connectivity index (χ1n) is 16.7. The zero-order valence-electron chi connectivity index (χ0n) is 28.9. The van der Waals surface area contributed by atoms with Crippen LogP contribution in [-0.4, -0.2) is 93.9 Å². The van der Waals surface area contributed by atoms with Crippen LogP contribution in [0.1, 0.15) is 66.8 Å². The van der Waals surface area contributed by atoms with Crippen LogP contribution < -0.4 is 11.1 Å². The Morgan fingerprint density at radius 2 is 1.53 bits per heavy atom. The van der Waals surface area contributed by atoms with Crippen molar-refractivity contribution in [2.45, 2.75) is 104 Å². The maximum atomic E-state index is 13.0. The van der Waals surface area contributed by atoms with Crippen LogP contribution in [0.15, 0.2) is 18.5 Å². The second-order valence-corrected chi connectivity index (χ2v) is 13.6. The second-order valence-electron chi connectivity index (χ2n) is 13.6. The summed E-state index contributed by atoms with van der Waals surface area (Å²) in [7, 11) is 1.15. The molecule has 1 aliphatic heterocycles. The van der Waals surface area contributed by atoms with Gasteiger partial charge in [-0.05, 0) is 19.3 Å². The average Bonchev–Trinajstić information content (AvgIpc) is 3.57. The van der Waals surface area contributed by atoms with Crippen LogP contribution >= 0.6 is 0 Å². The molecule has 0 aromatic carbocycles. The molecule has 16 heteroatoms. The Morgan fingerprint density at radius 3 is 2.12 bits per heavy atom. The zero-order chi connectivity index (χ0) is 35.6. The predicted molar refractivity (Wildman–Crippen MR) is 173 cm³/mol. The molecule has 1 saturated heterocycles. The minimum Gasteiger partial charge on any atom is -0.467 e. The minimum absolute atomic E-state index is 0.0703. The molecule has 16 nitrogen and oxygen atoms in total. The number of carbonyl (C=O) groups excluding carboxylic acids is 4. The topological polar surface area (TPSA) is 205 Å². The SMILES string of the molecule is COC(=O)[C@H]1O[C@@H](OC[C@@H]2C=C[C@H](n3cnc4c(NC5CC5)nc(N)nc43)C2)[C@H](OC(=O)C(C)C)[C@@H](OC(=O)C(C)C)[C@@H]1OC(=O)C(C)C. The summed E-state index contributed by atoms with van der Waals surface area (Å²) in [5.74, 6) is -4.04. The van der Waals surface area contributed by atoms with Crippen LogP contribution in [-0.2, 0) is 47.6 Å². The number of aromatic nitrogens is 4. The number of methoxy groups -OCH3 is 1. The van der Waals surface area contributed by atoms with Crippen LogP contribution in [0.2, 0.25) is 0 Å². The van der Waals surface area contributed by atoms with Crippen LogP contribution in [0.4, 0.5) is 11.8 Å². The van der Waals surface area contributed by atoms with Gasteiger partial charge in [0.25, 0.3) is 0 Å². The van der Waals surface area contributed by atoms with Gasteiger partial charge in [0.2, 0.25) is 5.95 Å². The molecule has 2 aromatic rings. The van der Waals surface area contributed by atoms with E-state index in [0.717, 1.165) is 20.0 Å². The third-order valence-corrected chi connectivity index (χ3v) is 8.44. The van der Waals surface area contributed by atoms with E-state index in [-0.39, 0.29) is 24.5 Å². The molecule has 2 aromatic heterocycles. The van der Waals surface area contributed by atoms with E-state index in [1.54, 1.807) is 47.9 Å². The van der Waals surface area contributed by atoms with Crippen molar-refractivity contribution in [3.63, 3.8) is 0 Å². The van der Waals surface area contributed by atoms with Gasteiger partial charge in [0.05, 0.1) is 43.8 Å². The molecule has 49 heavy (non-hydrogen) atoms. The van der Waals surface area contributed by atoms with Crippen LogP contribution in [0.3, 0.4) is 0 Å². The number of imidazole rings is 1. The quantitative estimate of drug-likeness (QED) is 0.177. The third kappa shape index (κ3) is 8.29. The lowest BCUT2D eigenvalue weighted by molar-refractivity contribution is -0.304. The highest BCUT2D eigenvalue weighted by atomic mass is 16.7. The molecule has 1 saturated carbocycles. The zero-order valence-corrected chi connectivity index (χ0v) is 28.9. The molecule has 0 spiro atoms. The lowest BCUT2D eigenvalue weighted by Gasteiger charge is -2.44. The fourth-order valence-corrected chi connectivity index (χ4v) is 5.45. The van der Waals surface area contributed by atoms with Gasteiger partial charge in [-0.2, -0.15) is 9.97 Å². The molecule has 268 valence electrons. The summed E-state index contributed by atoms with van der Waals surface area (Å²) >= 11 is 0. The summed E-state index contributed by atoms with van der Waals surface area (Å²) in [4.78, 5) is 65.1. The molecule has 5 rings (SSSR count). The molecular weight excluding hydrogens is 640 g/mol. The van der Waals surface area contributed by atoms with Gasteiger partial charge in [0.15, 0.2) is 47.7 Å². The van der Waals surface area contributed by atoms with E-state index in [4.69, 9.17) is 34.2 Å². The van der Waals surface area contributed by atoms with Crippen LogP contribution in [0.5, 0.6) is 0 Å². The molecule has 0 amide bonds. The van der Waals surface area contributed by atoms with E-state index in [2.05, 4.69) is 20.3 Å². The maximum absolute atomic E-state index is 13.0. The lowest BCUT2D eigenvalue weighted by Crippen LogP contribution is -2.64. The number of allylic oxidation sites excluding steroid dienone is 1. The number of esters is 4. The van der Waals surface area contributed by atoms with Crippen molar-refractivity contribution in [1.29, 1.82) is 0 Å². The molecular formula is C33H46N6O10. The molecule has 3 aliphatic rings. The number of nitrogens with two attached hydrogens (primary N) is 1. The van der Waals surface area contributed by atoms with Gasteiger partial charge in [-0.15, -0.1) is 0 Å². The van der Waals surface area contributed by atoms with Gasteiger partial charge in [-0.1, -0.05) is 53.7 Å². The summed E-state index contributed by atoms with van der Waals surface area (Å²) in [6, 6.07) is 0.219. The summed E-state index contributed by atoms with van der Waals surface area (Å²) in [5.41, 5.74) is 7.27. The summed E-state index contributed by atoms with van der Waals surface area (Å²) in [6.45, 7) is 9.80. The van der Waals surface area contributed by atoms with Crippen LogP contribution in [0.25, 0.3) is 11.2 Å². The van der Waals surface area contributed by atoms with E-state index in [1.165, 1.54) is 0 Å². The highest BCUT2D eigenvalue weighted by Gasteiger charge is 2.56. The molecule has 7 atom stereocenters. The number of nitrogen functional groups attached to an aromatic ring is 1. The monoisotopic (exact) mass is 686 g/mol. The number of hydrogen-bond donors (Lipinski definition) is 2. The Labute approximate surface area is 284 Å². The van der Waals surface area contributed by atoms with E-state index in [1.807, 2.05) is 16.7 Å². The molecule has 0 radical (unpaired) electrons. The molecule has 2 fully saturated rings. The number of hydrogen-bond acceptors (Lipinski definition) is 15. The average molecular weight is 687 g/mol. The van der Waals surface area contributed by atoms with E-state index in [0.29, 0.717) is 29.4 Å². The summed E-state index contributed by atoms with van der Waals surface area (Å²) < 4.78 is 36.5. The highest BCUT2D eigenvalue weighted by molar-refractivity contribution is 5.84. The first-order chi connectivity index (χ1) is 23.3. The van der Waals surface area contributed by atoms with E-state index >= 15 is 0 Å². The summed E-state index contributed by atoms with van der Waals surface area (Å²) in [6.07, 6.45) is 1.12. The maximum Gasteiger partial charge on any atom is 0.339 e.